The molecule has 0 aromatic rings. The van der Waals surface area contributed by atoms with Crippen LogP contribution in [0.1, 0.15) is 65.2 Å². The Kier molecular flexibility index (Phi) is 4.88. The molecule has 19 heavy (non-hydrogen) atoms. The SMILES string of the molecule is CC(C)(CCCN1CCC[C@H]2CCCC[C@H]21)C(=N)N. The number of piperidine rings is 1. The van der Waals surface area contributed by atoms with Crippen LogP contribution in [0.2, 0.25) is 0 Å². The molecule has 3 heteroatoms. The smallest absolute Gasteiger partial charge is 0.0963 e. The minimum absolute atomic E-state index is 0.123. The zero-order chi connectivity index (χ0) is 13.9. The summed E-state index contributed by atoms with van der Waals surface area (Å²) >= 11 is 0. The Morgan fingerprint density at radius 3 is 2.63 bits per heavy atom. The van der Waals surface area contributed by atoms with Crippen molar-refractivity contribution >= 4 is 5.84 Å². The predicted octanol–water partition coefficient (Wildman–Crippen LogP) is 3.38. The van der Waals surface area contributed by atoms with E-state index in [2.05, 4.69) is 18.7 Å². The van der Waals surface area contributed by atoms with Crippen LogP contribution < -0.4 is 5.73 Å². The summed E-state index contributed by atoms with van der Waals surface area (Å²) in [6.07, 6.45) is 10.8. The van der Waals surface area contributed by atoms with Gasteiger partial charge in [0.25, 0.3) is 0 Å². The molecule has 1 heterocycles. The van der Waals surface area contributed by atoms with Gasteiger partial charge in [-0.05, 0) is 57.5 Å². The highest BCUT2D eigenvalue weighted by atomic mass is 15.2. The maximum absolute atomic E-state index is 7.63. The van der Waals surface area contributed by atoms with Crippen LogP contribution in [0.25, 0.3) is 0 Å². The third-order valence-electron chi connectivity index (χ3n) is 5.33. The first kappa shape index (κ1) is 14.8. The van der Waals surface area contributed by atoms with Crippen LogP contribution in [-0.4, -0.2) is 29.9 Å². The Bertz CT molecular complexity index is 309. The predicted molar refractivity (Wildman–Crippen MR) is 81.5 cm³/mol. The van der Waals surface area contributed by atoms with E-state index in [4.69, 9.17) is 11.1 Å². The molecular formula is C16H31N3. The number of rotatable bonds is 5. The topological polar surface area (TPSA) is 53.1 Å². The van der Waals surface area contributed by atoms with Crippen LogP contribution in [0.3, 0.4) is 0 Å². The number of nitrogens with one attached hydrogen (secondary N) is 1. The first-order valence-electron chi connectivity index (χ1n) is 8.09. The molecule has 1 saturated heterocycles. The Morgan fingerprint density at radius 2 is 1.89 bits per heavy atom. The number of fused-ring (bicyclic) bond motifs is 1. The zero-order valence-electron chi connectivity index (χ0n) is 12.8. The van der Waals surface area contributed by atoms with Gasteiger partial charge in [0.1, 0.15) is 0 Å². The highest BCUT2D eigenvalue weighted by molar-refractivity contribution is 5.82. The second-order valence-electron chi connectivity index (χ2n) is 7.19. The van der Waals surface area contributed by atoms with Crippen molar-refractivity contribution in [3.8, 4) is 0 Å². The molecule has 0 radical (unpaired) electrons. The molecule has 2 atom stereocenters. The number of nitrogens with zero attached hydrogens (tertiary/aromatic N) is 1. The average Bonchev–Trinajstić information content (AvgIpc) is 2.38. The van der Waals surface area contributed by atoms with E-state index < -0.39 is 0 Å². The summed E-state index contributed by atoms with van der Waals surface area (Å²) < 4.78 is 0. The van der Waals surface area contributed by atoms with E-state index in [1.807, 2.05) is 0 Å². The van der Waals surface area contributed by atoms with Crippen molar-refractivity contribution < 1.29 is 0 Å². The van der Waals surface area contributed by atoms with Crippen LogP contribution in [0.4, 0.5) is 0 Å². The lowest BCUT2D eigenvalue weighted by molar-refractivity contribution is 0.0583. The number of hydrogen-bond acceptors (Lipinski definition) is 2. The second-order valence-corrected chi connectivity index (χ2v) is 7.19. The molecule has 0 aromatic carbocycles. The molecule has 110 valence electrons. The molecule has 1 saturated carbocycles. The average molecular weight is 265 g/mol. The van der Waals surface area contributed by atoms with Gasteiger partial charge in [0.15, 0.2) is 0 Å². The number of nitrogens with two attached hydrogens (primary N) is 1. The molecular weight excluding hydrogens is 234 g/mol. The number of likely N-dealkylation sites (tertiary alicyclic amines) is 1. The molecule has 1 aliphatic heterocycles. The third-order valence-corrected chi connectivity index (χ3v) is 5.33. The van der Waals surface area contributed by atoms with Crippen molar-refractivity contribution in [3.63, 3.8) is 0 Å². The molecule has 0 amide bonds. The van der Waals surface area contributed by atoms with Crippen molar-refractivity contribution in [1.29, 1.82) is 5.41 Å². The quantitative estimate of drug-likeness (QED) is 0.591. The fraction of sp³-hybridized carbons (Fsp3) is 0.938. The normalized spacial score (nSPS) is 28.9. The van der Waals surface area contributed by atoms with Crippen molar-refractivity contribution in [1.82, 2.24) is 4.90 Å². The van der Waals surface area contributed by atoms with Gasteiger partial charge in [0.2, 0.25) is 0 Å². The van der Waals surface area contributed by atoms with E-state index in [1.54, 1.807) is 0 Å². The van der Waals surface area contributed by atoms with Crippen LogP contribution in [0.15, 0.2) is 0 Å². The second kappa shape index (κ2) is 6.25. The van der Waals surface area contributed by atoms with Gasteiger partial charge in [-0.3, -0.25) is 5.41 Å². The van der Waals surface area contributed by atoms with Gasteiger partial charge in [0, 0.05) is 11.5 Å². The van der Waals surface area contributed by atoms with E-state index in [0.29, 0.717) is 5.84 Å². The fourth-order valence-corrected chi connectivity index (χ4v) is 3.86. The van der Waals surface area contributed by atoms with E-state index in [9.17, 15) is 0 Å². The summed E-state index contributed by atoms with van der Waals surface area (Å²) in [6, 6.07) is 0.864. The molecule has 2 fully saturated rings. The maximum atomic E-state index is 7.63. The first-order chi connectivity index (χ1) is 9.00. The Balaban J connectivity index is 1.80. The molecule has 1 aliphatic carbocycles. The molecule has 3 nitrogen and oxygen atoms in total. The zero-order valence-corrected chi connectivity index (χ0v) is 12.8. The highest BCUT2D eigenvalue weighted by Gasteiger charge is 2.33. The summed E-state index contributed by atoms with van der Waals surface area (Å²) in [4.78, 5) is 2.74. The molecule has 0 bridgehead atoms. The van der Waals surface area contributed by atoms with Gasteiger partial charge < -0.3 is 10.6 Å². The minimum atomic E-state index is -0.123. The van der Waals surface area contributed by atoms with E-state index in [1.165, 1.54) is 58.0 Å². The summed E-state index contributed by atoms with van der Waals surface area (Å²) in [7, 11) is 0. The fourth-order valence-electron chi connectivity index (χ4n) is 3.86. The van der Waals surface area contributed by atoms with Gasteiger partial charge >= 0.3 is 0 Å². The van der Waals surface area contributed by atoms with Crippen LogP contribution in [0, 0.1) is 16.7 Å². The van der Waals surface area contributed by atoms with Gasteiger partial charge in [-0.15, -0.1) is 0 Å². The Hall–Kier alpha value is -0.570. The van der Waals surface area contributed by atoms with Crippen molar-refractivity contribution in [2.75, 3.05) is 13.1 Å². The largest absolute Gasteiger partial charge is 0.387 e. The highest BCUT2D eigenvalue weighted by Crippen LogP contribution is 2.35. The van der Waals surface area contributed by atoms with Gasteiger partial charge in [-0.2, -0.15) is 0 Å². The van der Waals surface area contributed by atoms with Crippen molar-refractivity contribution in [3.05, 3.63) is 0 Å². The van der Waals surface area contributed by atoms with Gasteiger partial charge in [0.05, 0.1) is 5.84 Å². The lowest BCUT2D eigenvalue weighted by Gasteiger charge is -2.44. The summed E-state index contributed by atoms with van der Waals surface area (Å²) in [5.74, 6) is 1.31. The minimum Gasteiger partial charge on any atom is -0.387 e. The Labute approximate surface area is 118 Å². The molecule has 0 aromatic heterocycles. The Morgan fingerprint density at radius 1 is 1.21 bits per heavy atom. The molecule has 3 N–H and O–H groups in total. The maximum Gasteiger partial charge on any atom is 0.0963 e. The lowest BCUT2D eigenvalue weighted by Crippen LogP contribution is -2.47. The third kappa shape index (κ3) is 3.71. The van der Waals surface area contributed by atoms with Crippen LogP contribution in [0.5, 0.6) is 0 Å². The molecule has 2 rings (SSSR count). The van der Waals surface area contributed by atoms with Crippen molar-refractivity contribution in [2.24, 2.45) is 17.1 Å². The summed E-state index contributed by atoms with van der Waals surface area (Å²) in [6.45, 7) is 6.68. The summed E-state index contributed by atoms with van der Waals surface area (Å²) in [5, 5.41) is 7.63. The van der Waals surface area contributed by atoms with Crippen LogP contribution in [-0.2, 0) is 0 Å². The van der Waals surface area contributed by atoms with Crippen molar-refractivity contribution in [2.45, 2.75) is 71.3 Å². The molecule has 0 spiro atoms. The number of hydrogen-bond donors (Lipinski definition) is 2. The lowest BCUT2D eigenvalue weighted by atomic mass is 9.78. The first-order valence-corrected chi connectivity index (χ1v) is 8.09. The summed E-state index contributed by atoms with van der Waals surface area (Å²) in [5.41, 5.74) is 5.54. The van der Waals surface area contributed by atoms with Gasteiger partial charge in [-0.25, -0.2) is 0 Å². The van der Waals surface area contributed by atoms with E-state index in [-0.39, 0.29) is 5.41 Å². The molecule has 0 unspecified atom stereocenters. The monoisotopic (exact) mass is 265 g/mol. The standard InChI is InChI=1S/C16H31N3/c1-16(2,15(17)18)10-6-12-19-11-5-8-13-7-3-4-9-14(13)19/h13-14H,3-12H2,1-2H3,(H3,17,18)/t13-,14-/m1/s1. The van der Waals surface area contributed by atoms with E-state index >= 15 is 0 Å². The number of amidine groups is 1. The van der Waals surface area contributed by atoms with Gasteiger partial charge in [-0.1, -0.05) is 26.7 Å². The molecule has 2 aliphatic rings. The van der Waals surface area contributed by atoms with E-state index in [0.717, 1.165) is 18.4 Å². The van der Waals surface area contributed by atoms with Crippen LogP contribution >= 0.6 is 0 Å².